The first kappa shape index (κ1) is 182. The summed E-state index contributed by atoms with van der Waals surface area (Å²) in [5, 5.41) is 3.13. The van der Waals surface area contributed by atoms with Crippen LogP contribution < -0.4 is 484 Å². The molecule has 720 valence electrons. The largest absolute Gasteiger partial charge is 1.00 e. The van der Waals surface area contributed by atoms with Crippen LogP contribution in [0, 0.1) is 0 Å². The summed E-state index contributed by atoms with van der Waals surface area (Å²) in [6.45, 7) is -12.4. The van der Waals surface area contributed by atoms with Crippen LogP contribution in [0.3, 0.4) is 0 Å². The number of carbonyl (C=O) groups excluding carboxylic acids is 2. The Labute approximate surface area is 1140 Å². The zero-order chi connectivity index (χ0) is 94.3. The van der Waals surface area contributed by atoms with Gasteiger partial charge in [-0.2, -0.15) is 0 Å². The maximum atomic E-state index is 13.9. The van der Waals surface area contributed by atoms with E-state index in [0.29, 0.717) is 0 Å². The van der Waals surface area contributed by atoms with Gasteiger partial charge in [-0.1, -0.05) is 32.1 Å². The van der Waals surface area contributed by atoms with E-state index in [9.17, 15) is 217 Å². The summed E-state index contributed by atoms with van der Waals surface area (Å²) in [5.41, 5.74) is 0. The van der Waals surface area contributed by atoms with Crippen molar-refractivity contribution in [3.05, 3.63) is 0 Å². The molecule has 2 fully saturated rings. The number of unbranched alkanes of at least 4 members (excludes halogenated alkanes) is 6. The fourth-order valence-corrected chi connectivity index (χ4v) is 16.3. The molecule has 0 spiro atoms. The predicted molar refractivity (Wildman–Crippen MR) is 323 cm³/mol. The molecule has 0 aromatic heterocycles. The molecule has 72 nitrogen and oxygen atoms in total. The van der Waals surface area contributed by atoms with Gasteiger partial charge in [0.25, 0.3) is 11.8 Å². The second-order valence-corrected chi connectivity index (χ2v) is 38.1. The monoisotopic (exact) mass is 2470 g/mol. The molecule has 104 heteroatoms. The molecule has 2 rings (SSSR count). The van der Waals surface area contributed by atoms with Gasteiger partial charge in [0, 0.05) is 13.1 Å². The van der Waals surface area contributed by atoms with Crippen molar-refractivity contribution in [2.75, 3.05) is 39.5 Å². The predicted octanol–water partition coefficient (Wildman–Crippen LogP) is -65.7. The maximum Gasteiger partial charge on any atom is 1.00 e. The van der Waals surface area contributed by atoms with Gasteiger partial charge in [-0.3, -0.25) is 76.5 Å². The molecule has 0 aromatic carbocycles. The van der Waals surface area contributed by atoms with Crippen LogP contribution in [-0.4, -0.2) is 369 Å². The third kappa shape index (κ3) is 88.0. The summed E-state index contributed by atoms with van der Waals surface area (Å²) in [5.74, 6) is -5.02. The minimum Gasteiger partial charge on any atom is -0.726 e. The summed E-state index contributed by atoms with van der Waals surface area (Å²) in [6, 6.07) is 0. The molecular formula is C33H46N2Na16O70S16. The average molecular weight is 2470 g/mol. The first-order chi connectivity index (χ1) is 53.8. The molecule has 0 bridgehead atoms. The van der Waals surface area contributed by atoms with E-state index in [2.05, 4.69) is 66.9 Å². The smallest absolute Gasteiger partial charge is 0.726 e. The molecule has 2 saturated heterocycles. The summed E-state index contributed by atoms with van der Waals surface area (Å²) in [6.07, 6.45) is -73.6. The number of nitrogens with one attached hydrogen (secondary N) is 2. The molecule has 2 aliphatic rings. The Morgan fingerprint density at radius 2 is 0.431 bits per heavy atom. The minimum atomic E-state index is -7.07. The molecule has 2 aliphatic heterocycles. The van der Waals surface area contributed by atoms with Gasteiger partial charge in [-0.05, 0) is 12.8 Å². The van der Waals surface area contributed by atoms with Crippen molar-refractivity contribution in [2.24, 2.45) is 0 Å². The van der Waals surface area contributed by atoms with E-state index < -0.39 is 341 Å². The molecule has 137 heavy (non-hydrogen) atoms. The van der Waals surface area contributed by atoms with E-state index in [4.69, 9.17) is 18.9 Å². The summed E-state index contributed by atoms with van der Waals surface area (Å²) in [4.78, 5) is 27.8. The van der Waals surface area contributed by atoms with Gasteiger partial charge in [0.1, 0.15) is 73.2 Å². The number of hydrogen-bond acceptors (Lipinski definition) is 70. The zero-order valence-corrected chi connectivity index (χ0v) is 118. The van der Waals surface area contributed by atoms with Crippen molar-refractivity contribution in [3.63, 3.8) is 0 Å². The van der Waals surface area contributed by atoms with Gasteiger partial charge in [-0.15, -0.1) is 0 Å². The van der Waals surface area contributed by atoms with Gasteiger partial charge in [-0.25, -0.2) is 135 Å². The van der Waals surface area contributed by atoms with Gasteiger partial charge in [0.15, 0.2) is 37.0 Å². The van der Waals surface area contributed by atoms with E-state index in [-0.39, 0.29) is 505 Å². The van der Waals surface area contributed by atoms with Crippen molar-refractivity contribution in [2.45, 2.75) is 155 Å². The van der Waals surface area contributed by atoms with E-state index in [1.165, 1.54) is 0 Å². The zero-order valence-electron chi connectivity index (χ0n) is 72.7. The topological polar surface area (TPSA) is 1160 Å². The van der Waals surface area contributed by atoms with E-state index in [1.54, 1.807) is 10.6 Å². The van der Waals surface area contributed by atoms with Gasteiger partial charge in [0.05, 0.1) is 26.4 Å². The Morgan fingerprint density at radius 1 is 0.234 bits per heavy atom. The second kappa shape index (κ2) is 78.2. The summed E-state index contributed by atoms with van der Waals surface area (Å²) >= 11 is 0. The van der Waals surface area contributed by atoms with Crippen LogP contribution in [0.25, 0.3) is 0 Å². The van der Waals surface area contributed by atoms with Crippen molar-refractivity contribution in [1.82, 2.24) is 10.6 Å². The molecular weight excluding hydrogens is 2430 g/mol. The van der Waals surface area contributed by atoms with E-state index in [1.807, 2.05) is 0 Å². The van der Waals surface area contributed by atoms with Crippen molar-refractivity contribution >= 4 is 178 Å². The SMILES string of the molecule is O=C(NCCCCCCCCCNC(=O)[C@H](OS(=O)(=O)[O-])[C@@H](OS(=O)(=O)[O-])[C@H](O[C@@H]1O[C@H](COS(=O)(=O)[O-])[C@H](OS(=O)(=O)[O-])[C@H](OS(=O)(=O)[O-])[C@H]1OS(=O)(=O)[O-])[C@@H](COS(=O)(=O)[O-])OS(=O)(=O)[O-])[C@H](OS(=O)(=O)[O-])[C@@H](OS(=O)(=O)[O-])[C@H](O[C@@H]1O[C@H](COS(=O)(=O)[O-])[C@H](OS(=O)(=O)[O-])[C@H](OS(=O)(=O)[O-])[C@H]1OS(=O)(=O)[O-])[C@@H](COS(=O)(=O)[O-])OS(=O)(=O)[O-].[Na+].[Na+].[Na+].[Na+].[Na+].[Na+].[Na+].[Na+].[Na+].[Na+].[Na+].[Na+].[Na+].[Na+].[Na+].[Na+]. The number of carbonyl (C=O) groups is 2. The van der Waals surface area contributed by atoms with Crippen LogP contribution in [0.1, 0.15) is 44.9 Å². The van der Waals surface area contributed by atoms with E-state index in [0.717, 1.165) is 0 Å². The van der Waals surface area contributed by atoms with Gasteiger partial charge < -0.3 is 102 Å². The van der Waals surface area contributed by atoms with Crippen LogP contribution in [-0.2, 0) is 262 Å². The molecule has 0 aliphatic carbocycles. The number of hydrogen-bond donors (Lipinski definition) is 2. The van der Waals surface area contributed by atoms with Crippen molar-refractivity contribution in [1.29, 1.82) is 0 Å². The fraction of sp³-hybridized carbons (Fsp3) is 0.939. The fourth-order valence-electron chi connectivity index (χ4n) is 9.37. The number of amides is 2. The second-order valence-electron chi connectivity index (χ2n) is 21.8. The third-order valence-corrected chi connectivity index (χ3v) is 20.2. The molecule has 0 aromatic rings. The minimum absolute atomic E-state index is 0. The van der Waals surface area contributed by atoms with Gasteiger partial charge >= 0.3 is 473 Å². The van der Waals surface area contributed by atoms with Crippen LogP contribution in [0.2, 0.25) is 0 Å². The number of ether oxygens (including phenoxy) is 4. The van der Waals surface area contributed by atoms with Crippen LogP contribution in [0.5, 0.6) is 0 Å². The first-order valence-electron chi connectivity index (χ1n) is 29.0. The van der Waals surface area contributed by atoms with Crippen LogP contribution in [0.4, 0.5) is 0 Å². The Hall–Kier alpha value is 12.7. The molecule has 0 radical (unpaired) electrons. The molecule has 0 unspecified atom stereocenters. The third-order valence-electron chi connectivity index (χ3n) is 13.0. The summed E-state index contributed by atoms with van der Waals surface area (Å²) in [7, 11) is -108. The Kier molecular flexibility index (Phi) is 104. The normalized spacial score (nSPS) is 20.9. The maximum absolute atomic E-state index is 13.9. The first-order valence-corrected chi connectivity index (χ1v) is 50.4. The van der Waals surface area contributed by atoms with Crippen molar-refractivity contribution in [3.8, 4) is 0 Å². The molecule has 18 atom stereocenters. The molecule has 2 N–H and O–H groups in total. The van der Waals surface area contributed by atoms with Crippen LogP contribution >= 0.6 is 0 Å². The Balaban J connectivity index is -0.000000716. The molecule has 2 amide bonds. The average Bonchev–Trinajstić information content (AvgIpc) is 0.764. The quantitative estimate of drug-likeness (QED) is 0.0247. The Bertz CT molecular complexity index is 5220. The van der Waals surface area contributed by atoms with Crippen molar-refractivity contribution < 1.29 is 776 Å². The molecule has 0 saturated carbocycles. The van der Waals surface area contributed by atoms with Gasteiger partial charge in [0.2, 0.25) is 166 Å². The standard InChI is InChI=1S/C33H62N2O70S16.16Na/c36-30(26(102-118(74,75)76)22(98-114(62,63)64)18(16(94-110(50,51)52)12-88-108(44,45)46)92-32-28(104-120(80,81)82)24(100-116(68,69)70)20(96-112(56,57)58)14(90-32)10-86-106(38,39)40)34-8-6-4-2-1-3-5-7-9-35-31(37)27(103-119(77,78)79)23(99-115(65,66)67)19(17(95-111(53,54)55)13-89-109(47,48)49)93-33-29(105-121(83,84)85)25(101-117(71,72)73)21(97-113(59,60)61)15(91-33)11-87-107(41,42)43;;;;;;;;;;;;;;;;/h14-29,32-33H,1-13H2,(H,34,36)(H,35,37)(H,38,39,40)(H,41,42,43)(H,44,45,46)(H,47,48,49)(H,50,51,52)(H,53,54,55)(H,56,57,58)(H,59,60,61)(H,62,63,64)(H,65,66,67)(H,68,69,70)(H,71,72,73)(H,74,75,76)(H,77,78,79)(H,80,81,82)(H,83,84,85);;;;;;;;;;;;;;;;/q;16*+1/p-16/t14-,15-,16-,17-,18-,19-,20+,21+,22+,23+,24+,25+,26-,27-,28-,29-,32+,33+;;;;;;;;;;;;;;;;/m1................/s1. The Morgan fingerprint density at radius 3 is 0.628 bits per heavy atom. The molecule has 2 heterocycles. The van der Waals surface area contributed by atoms with Crippen LogP contribution in [0.15, 0.2) is 0 Å². The van der Waals surface area contributed by atoms with E-state index >= 15 is 0 Å². The number of rotatable bonds is 58. The summed E-state index contributed by atoms with van der Waals surface area (Å²) < 4.78 is 655.